The van der Waals surface area contributed by atoms with E-state index < -0.39 is 0 Å². The van der Waals surface area contributed by atoms with E-state index in [9.17, 15) is 0 Å². The van der Waals surface area contributed by atoms with Crippen LogP contribution in [0.15, 0.2) is 0 Å². The summed E-state index contributed by atoms with van der Waals surface area (Å²) in [5.74, 6) is 1.06. The maximum atomic E-state index is 2.47. The van der Waals surface area contributed by atoms with Crippen molar-refractivity contribution >= 4 is 0 Å². The molecule has 0 saturated heterocycles. The molecule has 2 rings (SSSR count). The van der Waals surface area contributed by atoms with Crippen LogP contribution in [0.4, 0.5) is 0 Å². The topological polar surface area (TPSA) is 0 Å². The highest BCUT2D eigenvalue weighted by Gasteiger charge is 2.84. The van der Waals surface area contributed by atoms with Crippen molar-refractivity contribution in [1.82, 2.24) is 0 Å². The summed E-state index contributed by atoms with van der Waals surface area (Å²) in [6.45, 7) is 7.19. The smallest absolute Gasteiger partial charge is 0.0204 e. The van der Waals surface area contributed by atoms with Gasteiger partial charge in [-0.05, 0) is 29.6 Å². The Morgan fingerprint density at radius 3 is 2.40 bits per heavy atom. The van der Waals surface area contributed by atoms with Gasteiger partial charge in [-0.2, -0.15) is 0 Å². The summed E-state index contributed by atoms with van der Waals surface area (Å²) in [4.78, 5) is 0. The van der Waals surface area contributed by atoms with E-state index >= 15 is 0 Å². The van der Waals surface area contributed by atoms with Gasteiger partial charge < -0.3 is 0 Å². The van der Waals surface area contributed by atoms with Crippen LogP contribution in [0, 0.1) is 16.7 Å². The fourth-order valence-corrected chi connectivity index (χ4v) is 2.98. The Hall–Kier alpha value is 0. The predicted molar refractivity (Wildman–Crippen MR) is 43.8 cm³/mol. The molecule has 3 unspecified atom stereocenters. The molecule has 0 amide bonds. The largest absolute Gasteiger partial charge is 0.0654 e. The molecular weight excluding hydrogens is 120 g/mol. The Morgan fingerprint density at radius 1 is 1.50 bits per heavy atom. The van der Waals surface area contributed by atoms with E-state index in [0.717, 1.165) is 16.7 Å². The molecule has 0 radical (unpaired) electrons. The second kappa shape index (κ2) is 1.60. The van der Waals surface area contributed by atoms with E-state index in [1.807, 2.05) is 0 Å². The Morgan fingerprint density at radius 2 is 2.10 bits per heavy atom. The van der Waals surface area contributed by atoms with Crippen LogP contribution in [0.25, 0.3) is 0 Å². The van der Waals surface area contributed by atoms with Crippen molar-refractivity contribution in [2.75, 3.05) is 0 Å². The molecule has 58 valence electrons. The molecule has 0 heterocycles. The lowest BCUT2D eigenvalue weighted by molar-refractivity contribution is 0.454. The van der Waals surface area contributed by atoms with Crippen LogP contribution < -0.4 is 0 Å². The molecule has 0 aromatic carbocycles. The van der Waals surface area contributed by atoms with Gasteiger partial charge in [0.05, 0.1) is 0 Å². The van der Waals surface area contributed by atoms with Crippen molar-refractivity contribution in [2.24, 2.45) is 16.7 Å². The molecular formula is C10H18. The van der Waals surface area contributed by atoms with Gasteiger partial charge in [0.2, 0.25) is 0 Å². The zero-order valence-electron chi connectivity index (χ0n) is 7.41. The zero-order chi connectivity index (χ0) is 7.41. The first-order chi connectivity index (χ1) is 4.67. The van der Waals surface area contributed by atoms with Crippen LogP contribution in [0.3, 0.4) is 0 Å². The molecule has 0 spiro atoms. The number of hydrogen-bond acceptors (Lipinski definition) is 0. The monoisotopic (exact) mass is 138 g/mol. The molecule has 0 aromatic rings. The van der Waals surface area contributed by atoms with Crippen molar-refractivity contribution in [3.63, 3.8) is 0 Å². The first-order valence-electron chi connectivity index (χ1n) is 4.67. The number of rotatable bonds is 3. The molecule has 2 saturated carbocycles. The van der Waals surface area contributed by atoms with Gasteiger partial charge in [0.1, 0.15) is 0 Å². The third kappa shape index (κ3) is 0.500. The Labute approximate surface area is 64.0 Å². The zero-order valence-corrected chi connectivity index (χ0v) is 7.41. The van der Waals surface area contributed by atoms with E-state index in [1.165, 1.54) is 19.3 Å². The Balaban J connectivity index is 1.87. The third-order valence-electron chi connectivity index (χ3n) is 4.37. The maximum absolute atomic E-state index is 2.47. The summed E-state index contributed by atoms with van der Waals surface area (Å²) in [6.07, 6.45) is 5.90. The molecule has 3 atom stereocenters. The fourth-order valence-electron chi connectivity index (χ4n) is 2.98. The van der Waals surface area contributed by atoms with E-state index in [2.05, 4.69) is 20.8 Å². The normalized spacial score (nSPS) is 56.1. The molecule has 0 N–H and O–H groups in total. The maximum Gasteiger partial charge on any atom is -0.0204 e. The molecule has 2 aliphatic rings. The second-order valence-electron chi connectivity index (χ2n) is 4.58. The van der Waals surface area contributed by atoms with Crippen LogP contribution >= 0.6 is 0 Å². The summed E-state index contributed by atoms with van der Waals surface area (Å²) in [5.41, 5.74) is 1.69. The van der Waals surface area contributed by atoms with Gasteiger partial charge in [0.15, 0.2) is 0 Å². The number of fused-ring (bicyclic) bond motifs is 1. The quantitative estimate of drug-likeness (QED) is 0.561. The predicted octanol–water partition coefficient (Wildman–Crippen LogP) is 3.22. The highest BCUT2D eigenvalue weighted by molar-refractivity contribution is 5.32. The Bertz CT molecular complexity index is 161. The van der Waals surface area contributed by atoms with Crippen LogP contribution in [-0.4, -0.2) is 0 Å². The highest BCUT2D eigenvalue weighted by atomic mass is 14.9. The van der Waals surface area contributed by atoms with Crippen molar-refractivity contribution < 1.29 is 0 Å². The summed E-state index contributed by atoms with van der Waals surface area (Å²) in [5, 5.41) is 0. The molecule has 2 fully saturated rings. The standard InChI is InChI=1S/C10H18/c1-4-5-6-10-7-9(10,3)8(10)2/h8H,4-7H2,1-3H3. The molecule has 0 aromatic heterocycles. The average molecular weight is 138 g/mol. The summed E-state index contributed by atoms with van der Waals surface area (Å²) >= 11 is 0. The van der Waals surface area contributed by atoms with Crippen molar-refractivity contribution in [2.45, 2.75) is 46.5 Å². The van der Waals surface area contributed by atoms with Crippen molar-refractivity contribution in [1.29, 1.82) is 0 Å². The average Bonchev–Trinajstić information content (AvgIpc) is 2.68. The van der Waals surface area contributed by atoms with Crippen molar-refractivity contribution in [3.05, 3.63) is 0 Å². The minimum absolute atomic E-state index is 0.822. The number of unbranched alkanes of at least 4 members (excludes halogenated alkanes) is 1. The van der Waals surface area contributed by atoms with Crippen molar-refractivity contribution in [3.8, 4) is 0 Å². The van der Waals surface area contributed by atoms with Crippen LogP contribution in [0.2, 0.25) is 0 Å². The second-order valence-corrected chi connectivity index (χ2v) is 4.58. The van der Waals surface area contributed by atoms with Gasteiger partial charge >= 0.3 is 0 Å². The van der Waals surface area contributed by atoms with Crippen LogP contribution in [0.1, 0.15) is 46.5 Å². The molecule has 0 heteroatoms. The Kier molecular flexibility index (Phi) is 1.07. The minimum Gasteiger partial charge on any atom is -0.0654 e. The summed E-state index contributed by atoms with van der Waals surface area (Å²) < 4.78 is 0. The van der Waals surface area contributed by atoms with Crippen LogP contribution in [0.5, 0.6) is 0 Å². The first kappa shape index (κ1) is 6.69. The molecule has 2 aliphatic carbocycles. The number of hydrogen-bond donors (Lipinski definition) is 0. The van der Waals surface area contributed by atoms with Gasteiger partial charge in [0.25, 0.3) is 0 Å². The molecule has 0 nitrogen and oxygen atoms in total. The SMILES string of the molecule is CCCCC12CC1(C)C2C. The van der Waals surface area contributed by atoms with E-state index in [4.69, 9.17) is 0 Å². The lowest BCUT2D eigenvalue weighted by atomic mass is 10.0. The lowest BCUT2D eigenvalue weighted by Gasteiger charge is -2.05. The van der Waals surface area contributed by atoms with Gasteiger partial charge in [-0.15, -0.1) is 0 Å². The molecule has 10 heavy (non-hydrogen) atoms. The van der Waals surface area contributed by atoms with Crippen LogP contribution in [-0.2, 0) is 0 Å². The fraction of sp³-hybridized carbons (Fsp3) is 1.00. The first-order valence-corrected chi connectivity index (χ1v) is 4.67. The third-order valence-corrected chi connectivity index (χ3v) is 4.37. The van der Waals surface area contributed by atoms with Gasteiger partial charge in [0, 0.05) is 0 Å². The van der Waals surface area contributed by atoms with Gasteiger partial charge in [-0.25, -0.2) is 0 Å². The molecule has 0 bridgehead atoms. The summed E-state index contributed by atoms with van der Waals surface area (Å²) in [7, 11) is 0. The highest BCUT2D eigenvalue weighted by Crippen LogP contribution is 2.91. The lowest BCUT2D eigenvalue weighted by Crippen LogP contribution is -1.95. The van der Waals surface area contributed by atoms with Gasteiger partial charge in [-0.1, -0.05) is 33.6 Å². The summed E-state index contributed by atoms with van der Waals surface area (Å²) in [6, 6.07) is 0. The van der Waals surface area contributed by atoms with Gasteiger partial charge in [-0.3, -0.25) is 0 Å². The van der Waals surface area contributed by atoms with E-state index in [1.54, 1.807) is 6.42 Å². The minimum atomic E-state index is 0.822. The molecule has 0 aliphatic heterocycles. The van der Waals surface area contributed by atoms with E-state index in [-0.39, 0.29) is 0 Å². The van der Waals surface area contributed by atoms with E-state index in [0.29, 0.717) is 0 Å².